The molecule has 0 atom stereocenters. The Hall–Kier alpha value is -1.26. The summed E-state index contributed by atoms with van der Waals surface area (Å²) in [6.45, 7) is 4.20. The molecule has 132 valence electrons. The average Bonchev–Trinajstić information content (AvgIpc) is 2.55. The molecule has 3 amide bonds. The predicted molar refractivity (Wildman–Crippen MR) is 92.2 cm³/mol. The van der Waals surface area contributed by atoms with Gasteiger partial charge in [-0.15, -0.1) is 0 Å². The second kappa shape index (κ2) is 9.78. The van der Waals surface area contributed by atoms with Gasteiger partial charge in [0.25, 0.3) is 0 Å². The van der Waals surface area contributed by atoms with Crippen LogP contribution in [0, 0.1) is 5.92 Å². The van der Waals surface area contributed by atoms with Gasteiger partial charge < -0.3 is 15.5 Å². The maximum Gasteiger partial charge on any atom is 0.317 e. The van der Waals surface area contributed by atoms with Crippen LogP contribution in [0.1, 0.15) is 71.1 Å². The topological polar surface area (TPSA) is 61.4 Å². The highest BCUT2D eigenvalue weighted by molar-refractivity contribution is 5.79. The van der Waals surface area contributed by atoms with Crippen LogP contribution in [0.5, 0.6) is 0 Å². The largest absolute Gasteiger partial charge is 0.356 e. The molecule has 0 aromatic carbocycles. The average molecular weight is 323 g/mol. The van der Waals surface area contributed by atoms with Crippen LogP contribution in [0.25, 0.3) is 0 Å². The maximum absolute atomic E-state index is 12.4. The number of carbonyl (C=O) groups is 2. The van der Waals surface area contributed by atoms with Gasteiger partial charge in [0.15, 0.2) is 0 Å². The molecule has 1 heterocycles. The highest BCUT2D eigenvalue weighted by atomic mass is 16.2. The summed E-state index contributed by atoms with van der Waals surface area (Å²) in [6.07, 6.45) is 11.2. The van der Waals surface area contributed by atoms with Crippen molar-refractivity contribution in [3.05, 3.63) is 0 Å². The number of hydrogen-bond donors (Lipinski definition) is 2. The van der Waals surface area contributed by atoms with Crippen molar-refractivity contribution in [2.45, 2.75) is 77.2 Å². The van der Waals surface area contributed by atoms with Gasteiger partial charge in [0.1, 0.15) is 0 Å². The molecular formula is C18H33N3O2. The third-order valence-electron chi connectivity index (χ3n) is 5.13. The van der Waals surface area contributed by atoms with Crippen molar-refractivity contribution in [2.75, 3.05) is 19.6 Å². The third-order valence-corrected chi connectivity index (χ3v) is 5.13. The zero-order valence-corrected chi connectivity index (χ0v) is 14.6. The van der Waals surface area contributed by atoms with E-state index in [-0.39, 0.29) is 17.9 Å². The Morgan fingerprint density at radius 3 is 2.17 bits per heavy atom. The summed E-state index contributed by atoms with van der Waals surface area (Å²) in [4.78, 5) is 26.3. The number of nitrogens with zero attached hydrogens (tertiary/aromatic N) is 1. The zero-order chi connectivity index (χ0) is 16.5. The van der Waals surface area contributed by atoms with Gasteiger partial charge in [-0.05, 0) is 32.1 Å². The van der Waals surface area contributed by atoms with E-state index in [0.29, 0.717) is 19.1 Å². The fourth-order valence-corrected chi connectivity index (χ4v) is 3.60. The van der Waals surface area contributed by atoms with Gasteiger partial charge in [-0.3, -0.25) is 4.79 Å². The number of hydrogen-bond acceptors (Lipinski definition) is 2. The van der Waals surface area contributed by atoms with Crippen molar-refractivity contribution >= 4 is 11.9 Å². The van der Waals surface area contributed by atoms with E-state index in [4.69, 9.17) is 0 Å². The summed E-state index contributed by atoms with van der Waals surface area (Å²) in [5, 5.41) is 6.19. The highest BCUT2D eigenvalue weighted by Crippen LogP contribution is 2.20. The number of carbonyl (C=O) groups excluding carboxylic acids is 2. The van der Waals surface area contributed by atoms with E-state index in [0.717, 1.165) is 38.6 Å². The molecule has 0 aromatic heterocycles. The number of amides is 3. The molecule has 0 radical (unpaired) electrons. The number of nitrogens with one attached hydrogen (secondary N) is 2. The summed E-state index contributed by atoms with van der Waals surface area (Å²) >= 11 is 0. The van der Waals surface area contributed by atoms with Crippen molar-refractivity contribution in [3.63, 3.8) is 0 Å². The van der Waals surface area contributed by atoms with Crippen molar-refractivity contribution < 1.29 is 9.59 Å². The van der Waals surface area contributed by atoms with Crippen LogP contribution < -0.4 is 10.6 Å². The molecule has 0 spiro atoms. The first kappa shape index (κ1) is 18.1. The predicted octanol–water partition coefficient (Wildman–Crippen LogP) is 3.05. The molecule has 0 aromatic rings. The van der Waals surface area contributed by atoms with Crippen molar-refractivity contribution in [3.8, 4) is 0 Å². The lowest BCUT2D eigenvalue weighted by Gasteiger charge is -2.33. The molecule has 2 N–H and O–H groups in total. The number of piperidine rings is 1. The Morgan fingerprint density at radius 1 is 0.957 bits per heavy atom. The molecule has 1 saturated heterocycles. The molecule has 1 aliphatic heterocycles. The molecule has 23 heavy (non-hydrogen) atoms. The fraction of sp³-hybridized carbons (Fsp3) is 0.889. The minimum Gasteiger partial charge on any atom is -0.356 e. The van der Waals surface area contributed by atoms with E-state index in [2.05, 4.69) is 17.6 Å². The van der Waals surface area contributed by atoms with Gasteiger partial charge >= 0.3 is 6.03 Å². The zero-order valence-electron chi connectivity index (χ0n) is 14.6. The molecule has 0 unspecified atom stereocenters. The normalized spacial score (nSPS) is 21.3. The number of rotatable bonds is 4. The lowest BCUT2D eigenvalue weighted by molar-refractivity contribution is -0.126. The van der Waals surface area contributed by atoms with Crippen LogP contribution in [0.15, 0.2) is 0 Å². The van der Waals surface area contributed by atoms with E-state index in [1.54, 1.807) is 0 Å². The van der Waals surface area contributed by atoms with E-state index in [9.17, 15) is 9.59 Å². The van der Waals surface area contributed by atoms with E-state index in [1.807, 2.05) is 4.90 Å². The molecule has 2 aliphatic rings. The van der Waals surface area contributed by atoms with Crippen molar-refractivity contribution in [1.82, 2.24) is 15.5 Å². The molecular weight excluding hydrogens is 290 g/mol. The Bertz CT molecular complexity index is 370. The van der Waals surface area contributed by atoms with Gasteiger partial charge in [-0.25, -0.2) is 4.79 Å². The van der Waals surface area contributed by atoms with Gasteiger partial charge in [-0.1, -0.05) is 39.0 Å². The lowest BCUT2D eigenvalue weighted by Crippen LogP contribution is -2.49. The molecule has 5 nitrogen and oxygen atoms in total. The standard InChI is InChI=1S/C18H33N3O2/c1-2-12-19-17(22)15-10-13-21(14-11-15)18(23)20-16-8-6-4-3-5-7-9-16/h15-16H,2-14H2,1H3,(H,19,22)(H,20,23). The Kier molecular flexibility index (Phi) is 7.69. The molecule has 5 heteroatoms. The maximum atomic E-state index is 12.4. The first-order valence-corrected chi connectivity index (χ1v) is 9.54. The summed E-state index contributed by atoms with van der Waals surface area (Å²) in [6, 6.07) is 0.413. The smallest absolute Gasteiger partial charge is 0.317 e. The summed E-state index contributed by atoms with van der Waals surface area (Å²) in [5.41, 5.74) is 0. The van der Waals surface area contributed by atoms with Crippen LogP contribution >= 0.6 is 0 Å². The van der Waals surface area contributed by atoms with Crippen molar-refractivity contribution in [1.29, 1.82) is 0 Å². The monoisotopic (exact) mass is 323 g/mol. The summed E-state index contributed by atoms with van der Waals surface area (Å²) < 4.78 is 0. The van der Waals surface area contributed by atoms with E-state index < -0.39 is 0 Å². The SMILES string of the molecule is CCCNC(=O)C1CCN(C(=O)NC2CCCCCCC2)CC1. The minimum atomic E-state index is 0.0722. The van der Waals surface area contributed by atoms with Crippen LogP contribution in [0.3, 0.4) is 0 Å². The second-order valence-electron chi connectivity index (χ2n) is 7.04. The number of urea groups is 1. The second-order valence-corrected chi connectivity index (χ2v) is 7.04. The Morgan fingerprint density at radius 2 is 1.57 bits per heavy atom. The van der Waals surface area contributed by atoms with Gasteiger partial charge in [-0.2, -0.15) is 0 Å². The lowest BCUT2D eigenvalue weighted by atomic mass is 9.95. The van der Waals surface area contributed by atoms with Crippen LogP contribution in [-0.4, -0.2) is 42.5 Å². The van der Waals surface area contributed by atoms with Crippen molar-refractivity contribution in [2.24, 2.45) is 5.92 Å². The van der Waals surface area contributed by atoms with E-state index >= 15 is 0 Å². The quantitative estimate of drug-likeness (QED) is 0.835. The number of likely N-dealkylation sites (tertiary alicyclic amines) is 1. The van der Waals surface area contributed by atoms with Gasteiger partial charge in [0.05, 0.1) is 0 Å². The summed E-state index contributed by atoms with van der Waals surface area (Å²) in [7, 11) is 0. The first-order valence-electron chi connectivity index (χ1n) is 9.54. The van der Waals surface area contributed by atoms with E-state index in [1.165, 1.54) is 32.1 Å². The molecule has 2 rings (SSSR count). The molecule has 1 aliphatic carbocycles. The molecule has 1 saturated carbocycles. The van der Waals surface area contributed by atoms with Crippen LogP contribution in [0.2, 0.25) is 0 Å². The molecule has 0 bridgehead atoms. The van der Waals surface area contributed by atoms with Gasteiger partial charge in [0, 0.05) is 31.6 Å². The highest BCUT2D eigenvalue weighted by Gasteiger charge is 2.27. The fourth-order valence-electron chi connectivity index (χ4n) is 3.60. The summed E-state index contributed by atoms with van der Waals surface area (Å²) in [5.74, 6) is 0.235. The first-order chi connectivity index (χ1) is 11.2. The van der Waals surface area contributed by atoms with Gasteiger partial charge in [0.2, 0.25) is 5.91 Å². The molecule has 2 fully saturated rings. The Balaban J connectivity index is 1.71. The Labute approximate surface area is 140 Å². The third kappa shape index (κ3) is 6.04. The van der Waals surface area contributed by atoms with Crippen LogP contribution in [0.4, 0.5) is 4.79 Å². The van der Waals surface area contributed by atoms with Crippen LogP contribution in [-0.2, 0) is 4.79 Å². The minimum absolute atomic E-state index is 0.0722.